The van der Waals surface area contributed by atoms with Crippen molar-refractivity contribution < 1.29 is 19.4 Å². The number of nitrogens with two attached hydrogens (primary N) is 1. The molecule has 1 aromatic carbocycles. The van der Waals surface area contributed by atoms with E-state index in [2.05, 4.69) is 36.9 Å². The molecule has 1 amide bonds. The van der Waals surface area contributed by atoms with Gasteiger partial charge in [0.25, 0.3) is 5.91 Å². The molecule has 2 aromatic rings. The lowest BCUT2D eigenvalue weighted by atomic mass is 9.97. The summed E-state index contributed by atoms with van der Waals surface area (Å²) in [5.74, 6) is -1.21. The maximum Gasteiger partial charge on any atom is 0.273 e. The van der Waals surface area contributed by atoms with Gasteiger partial charge in [0.15, 0.2) is 34.0 Å². The van der Waals surface area contributed by atoms with Crippen LogP contribution in [0.4, 0.5) is 16.0 Å². The Hall–Kier alpha value is -2.44. The molecule has 0 bridgehead atoms. The van der Waals surface area contributed by atoms with Gasteiger partial charge in [0.2, 0.25) is 0 Å². The molecule has 2 aliphatic rings. The first-order valence-electron chi connectivity index (χ1n) is 12.8. The Morgan fingerprint density at radius 2 is 1.95 bits per heavy atom. The van der Waals surface area contributed by atoms with Crippen LogP contribution < -0.4 is 16.0 Å². The summed E-state index contributed by atoms with van der Waals surface area (Å²) in [6, 6.07) is 3.85. The summed E-state index contributed by atoms with van der Waals surface area (Å²) in [4.78, 5) is 27.7. The molecule has 0 aliphatic carbocycles. The van der Waals surface area contributed by atoms with Crippen molar-refractivity contribution in [2.24, 2.45) is 0 Å². The first kappa shape index (κ1) is 28.6. The Morgan fingerprint density at radius 3 is 2.63 bits per heavy atom. The fourth-order valence-corrected chi connectivity index (χ4v) is 5.70. The van der Waals surface area contributed by atoms with Crippen molar-refractivity contribution in [1.29, 1.82) is 0 Å². The molecule has 13 heteroatoms. The number of carbonyl (C=O) groups excluding carboxylic acids is 1. The fourth-order valence-electron chi connectivity index (χ4n) is 5.30. The van der Waals surface area contributed by atoms with E-state index in [1.165, 1.54) is 6.07 Å². The lowest BCUT2D eigenvalue weighted by Gasteiger charge is -2.47. The number of amides is 1. The van der Waals surface area contributed by atoms with Crippen molar-refractivity contribution in [3.05, 3.63) is 39.4 Å². The fraction of sp³-hybridized carbons (Fsp3) is 0.560. The number of aromatic hydroxyl groups is 1. The second-order valence-electron chi connectivity index (χ2n) is 9.67. The first-order chi connectivity index (χ1) is 18.2. The van der Waals surface area contributed by atoms with E-state index in [4.69, 9.17) is 34.0 Å². The molecule has 5 N–H and O–H groups in total. The largest absolute Gasteiger partial charge is 0.505 e. The molecule has 0 saturated carbocycles. The molecule has 2 aliphatic heterocycles. The van der Waals surface area contributed by atoms with Crippen LogP contribution >= 0.6 is 23.2 Å². The number of carbonyl (C=O) groups is 1. The zero-order chi connectivity index (χ0) is 27.4. The molecule has 4 rings (SSSR count). The Morgan fingerprint density at radius 1 is 1.21 bits per heavy atom. The van der Waals surface area contributed by atoms with E-state index in [1.807, 2.05) is 0 Å². The van der Waals surface area contributed by atoms with Gasteiger partial charge in [-0.3, -0.25) is 14.6 Å². The number of nitrogens with one attached hydrogen (secondary N) is 1. The van der Waals surface area contributed by atoms with E-state index in [0.717, 1.165) is 38.9 Å². The second kappa shape index (κ2) is 12.6. The topological polar surface area (TPSA) is 131 Å². The van der Waals surface area contributed by atoms with Gasteiger partial charge in [0, 0.05) is 50.4 Å². The van der Waals surface area contributed by atoms with E-state index in [9.17, 15) is 14.3 Å². The molecule has 0 unspecified atom stereocenters. The highest BCUT2D eigenvalue weighted by molar-refractivity contribution is 6.32. The summed E-state index contributed by atoms with van der Waals surface area (Å²) in [5, 5.41) is 21.6. The summed E-state index contributed by atoms with van der Waals surface area (Å²) in [7, 11) is 0. The molecule has 0 radical (unpaired) electrons. The number of likely N-dealkylation sites (tertiary alicyclic amines) is 1. The van der Waals surface area contributed by atoms with Crippen LogP contribution in [0.3, 0.4) is 0 Å². The third-order valence-corrected chi connectivity index (χ3v) is 7.89. The molecular weight excluding hydrogens is 536 g/mol. The van der Waals surface area contributed by atoms with Gasteiger partial charge in [-0.1, -0.05) is 36.2 Å². The number of aliphatic hydroxyl groups excluding tert-OH is 1. The van der Waals surface area contributed by atoms with Crippen LogP contribution in [0.5, 0.6) is 5.75 Å². The molecular formula is C25H34Cl2FN7O3. The molecule has 10 nitrogen and oxygen atoms in total. The summed E-state index contributed by atoms with van der Waals surface area (Å²) < 4.78 is 14.0. The summed E-state index contributed by atoms with van der Waals surface area (Å²) in [5.41, 5.74) is 6.52. The highest BCUT2D eigenvalue weighted by atomic mass is 35.5. The molecule has 38 heavy (non-hydrogen) atoms. The number of hydrogen-bond donors (Lipinski definition) is 4. The SMILES string of the molecule is CC[C@H]1CN(c2nc(N)c(C(=O)NCCO)nc2Cl)CCN1C1CCN(Cc2ccc(Cl)c(F)c2O)CC1. The van der Waals surface area contributed by atoms with Crippen molar-refractivity contribution in [3.63, 3.8) is 0 Å². The summed E-state index contributed by atoms with van der Waals surface area (Å²) in [6.07, 6.45) is 2.88. The van der Waals surface area contributed by atoms with Gasteiger partial charge in [-0.05, 0) is 38.4 Å². The standard InChI is InChI=1S/C25H34Cl2FN7O3/c1-2-16-14-34(24-22(27)31-20(23(29)32-24)25(38)30-7-12-36)10-11-35(16)17-5-8-33(9-6-17)13-15-3-4-18(26)19(28)21(15)37/h3-4,16-17,36-37H,2,5-14H2,1H3,(H2,29,32)(H,30,38)/t16-/m0/s1. The first-order valence-corrected chi connectivity index (χ1v) is 13.6. The minimum Gasteiger partial charge on any atom is -0.505 e. The highest BCUT2D eigenvalue weighted by Crippen LogP contribution is 2.32. The minimum atomic E-state index is -0.770. The van der Waals surface area contributed by atoms with E-state index in [0.29, 0.717) is 37.1 Å². The number of anilines is 2. The van der Waals surface area contributed by atoms with Crippen LogP contribution in [0.25, 0.3) is 0 Å². The predicted molar refractivity (Wildman–Crippen MR) is 145 cm³/mol. The maximum atomic E-state index is 14.0. The quantitative estimate of drug-likeness (QED) is 0.378. The number of aliphatic hydroxyl groups is 1. The van der Waals surface area contributed by atoms with Crippen LogP contribution in [0.1, 0.15) is 42.2 Å². The number of nitrogen functional groups attached to an aromatic ring is 1. The zero-order valence-corrected chi connectivity index (χ0v) is 22.8. The predicted octanol–water partition coefficient (Wildman–Crippen LogP) is 2.50. The van der Waals surface area contributed by atoms with Crippen molar-refractivity contribution in [3.8, 4) is 5.75 Å². The highest BCUT2D eigenvalue weighted by Gasteiger charge is 2.34. The van der Waals surface area contributed by atoms with Crippen molar-refractivity contribution >= 4 is 40.7 Å². The van der Waals surface area contributed by atoms with Gasteiger partial charge < -0.3 is 26.2 Å². The lowest BCUT2D eigenvalue weighted by molar-refractivity contribution is 0.0608. The van der Waals surface area contributed by atoms with Gasteiger partial charge in [0.05, 0.1) is 11.6 Å². The zero-order valence-electron chi connectivity index (χ0n) is 21.3. The van der Waals surface area contributed by atoms with Gasteiger partial charge in [-0.25, -0.2) is 14.4 Å². The van der Waals surface area contributed by atoms with Gasteiger partial charge in [-0.2, -0.15) is 0 Å². The van der Waals surface area contributed by atoms with E-state index in [1.54, 1.807) is 6.07 Å². The Labute approximate surface area is 231 Å². The Kier molecular flexibility index (Phi) is 9.48. The maximum absolute atomic E-state index is 14.0. The summed E-state index contributed by atoms with van der Waals surface area (Å²) >= 11 is 12.2. The van der Waals surface area contributed by atoms with Crippen molar-refractivity contribution in [1.82, 2.24) is 25.1 Å². The van der Waals surface area contributed by atoms with Crippen molar-refractivity contribution in [2.45, 2.75) is 44.8 Å². The molecule has 0 spiro atoms. The summed E-state index contributed by atoms with van der Waals surface area (Å²) in [6.45, 7) is 6.44. The van der Waals surface area contributed by atoms with Gasteiger partial charge in [-0.15, -0.1) is 0 Å². The number of piperazine rings is 1. The molecule has 3 heterocycles. The third kappa shape index (κ3) is 6.23. The molecule has 2 fully saturated rings. The van der Waals surface area contributed by atoms with E-state index >= 15 is 0 Å². The average Bonchev–Trinajstić information content (AvgIpc) is 2.93. The number of piperidine rings is 1. The van der Waals surface area contributed by atoms with Gasteiger partial charge >= 0.3 is 0 Å². The second-order valence-corrected chi connectivity index (χ2v) is 10.4. The van der Waals surface area contributed by atoms with Crippen LogP contribution in [0, 0.1) is 5.82 Å². The van der Waals surface area contributed by atoms with Crippen LogP contribution in [-0.2, 0) is 6.54 Å². The molecule has 1 aromatic heterocycles. The average molecular weight is 570 g/mol. The van der Waals surface area contributed by atoms with Crippen LogP contribution in [0.2, 0.25) is 10.2 Å². The third-order valence-electron chi connectivity index (χ3n) is 7.35. The number of aromatic nitrogens is 2. The normalized spacial score (nSPS) is 19.6. The van der Waals surface area contributed by atoms with E-state index in [-0.39, 0.29) is 46.6 Å². The number of phenolic OH excluding ortho intramolecular Hbond substituents is 1. The number of rotatable bonds is 8. The molecule has 1 atom stereocenters. The van der Waals surface area contributed by atoms with Gasteiger partial charge in [0.1, 0.15) is 0 Å². The van der Waals surface area contributed by atoms with Crippen LogP contribution in [0.15, 0.2) is 12.1 Å². The Bertz CT molecular complexity index is 1150. The Balaban J connectivity index is 1.36. The van der Waals surface area contributed by atoms with E-state index < -0.39 is 11.7 Å². The number of phenols is 1. The molecule has 208 valence electrons. The number of hydrogen-bond acceptors (Lipinski definition) is 9. The number of halogens is 3. The number of nitrogens with zero attached hydrogens (tertiary/aromatic N) is 5. The smallest absolute Gasteiger partial charge is 0.273 e. The monoisotopic (exact) mass is 569 g/mol. The lowest BCUT2D eigenvalue weighted by Crippen LogP contribution is -2.58. The number of benzene rings is 1. The van der Waals surface area contributed by atoms with Crippen molar-refractivity contribution in [2.75, 3.05) is 56.5 Å². The minimum absolute atomic E-state index is 0.00528. The molecule has 2 saturated heterocycles. The van der Waals surface area contributed by atoms with Crippen LogP contribution in [-0.4, -0.2) is 93.8 Å².